The van der Waals surface area contributed by atoms with Gasteiger partial charge in [-0.3, -0.25) is 19.7 Å². The average molecular weight is 362 g/mol. The van der Waals surface area contributed by atoms with E-state index in [-0.39, 0.29) is 11.4 Å². The second-order valence-corrected chi connectivity index (χ2v) is 6.31. The molecule has 0 spiro atoms. The van der Waals surface area contributed by atoms with E-state index in [0.29, 0.717) is 0 Å². The minimum absolute atomic E-state index is 0.304. The molecule has 132 valence electrons. The van der Waals surface area contributed by atoms with Crippen LogP contribution in [-0.4, -0.2) is 49.1 Å². The number of benzene rings is 1. The SMILES string of the molecule is COc1cc([N+](=O)[O-])ccc1S(=O)(=O)NCC(CC(=O)O)C(=O)O. The van der Waals surface area contributed by atoms with Crippen LogP contribution in [0.3, 0.4) is 0 Å². The molecule has 0 amide bonds. The lowest BCUT2D eigenvalue weighted by atomic mass is 10.1. The van der Waals surface area contributed by atoms with E-state index in [1.54, 1.807) is 0 Å². The highest BCUT2D eigenvalue weighted by Crippen LogP contribution is 2.28. The molecule has 0 saturated carbocycles. The molecule has 0 aliphatic heterocycles. The first kappa shape index (κ1) is 19.3. The van der Waals surface area contributed by atoms with Crippen molar-refractivity contribution in [3.05, 3.63) is 28.3 Å². The van der Waals surface area contributed by atoms with Gasteiger partial charge in [-0.2, -0.15) is 0 Å². The molecule has 1 unspecified atom stereocenters. The number of nitro groups is 1. The molecule has 0 fully saturated rings. The molecular formula is C12H14N2O9S. The van der Waals surface area contributed by atoms with Gasteiger partial charge in [0.1, 0.15) is 10.6 Å². The van der Waals surface area contributed by atoms with Crippen LogP contribution in [0.15, 0.2) is 23.1 Å². The lowest BCUT2D eigenvalue weighted by molar-refractivity contribution is -0.385. The van der Waals surface area contributed by atoms with Crippen LogP contribution in [0.5, 0.6) is 5.75 Å². The number of non-ortho nitro benzene ring substituents is 1. The molecule has 0 radical (unpaired) electrons. The van der Waals surface area contributed by atoms with Gasteiger partial charge in [-0.1, -0.05) is 0 Å². The first-order chi connectivity index (χ1) is 11.1. The number of hydrogen-bond acceptors (Lipinski definition) is 7. The summed E-state index contributed by atoms with van der Waals surface area (Å²) in [7, 11) is -3.15. The summed E-state index contributed by atoms with van der Waals surface area (Å²) in [6, 6.07) is 2.79. The number of ether oxygens (including phenoxy) is 1. The fourth-order valence-corrected chi connectivity index (χ4v) is 2.97. The Bertz CT molecular complexity index is 760. The van der Waals surface area contributed by atoms with E-state index in [0.717, 1.165) is 25.3 Å². The summed E-state index contributed by atoms with van der Waals surface area (Å²) in [6.45, 7) is -0.663. The van der Waals surface area contributed by atoms with E-state index in [4.69, 9.17) is 14.9 Å². The Kier molecular flexibility index (Phi) is 6.20. The normalized spacial score (nSPS) is 12.4. The molecular weight excluding hydrogens is 348 g/mol. The molecule has 1 aromatic rings. The van der Waals surface area contributed by atoms with Gasteiger partial charge >= 0.3 is 11.9 Å². The van der Waals surface area contributed by atoms with Gasteiger partial charge in [0, 0.05) is 12.6 Å². The van der Waals surface area contributed by atoms with Crippen LogP contribution in [0.4, 0.5) is 5.69 Å². The molecule has 0 aliphatic rings. The van der Waals surface area contributed by atoms with E-state index in [1.165, 1.54) is 0 Å². The summed E-state index contributed by atoms with van der Waals surface area (Å²) < 4.78 is 31.2. The van der Waals surface area contributed by atoms with Crippen LogP contribution < -0.4 is 9.46 Å². The Balaban J connectivity index is 3.05. The molecule has 0 aromatic heterocycles. The number of hydrogen-bond donors (Lipinski definition) is 3. The van der Waals surface area contributed by atoms with Crippen LogP contribution in [0, 0.1) is 16.0 Å². The van der Waals surface area contributed by atoms with E-state index >= 15 is 0 Å². The van der Waals surface area contributed by atoms with E-state index in [1.807, 2.05) is 4.72 Å². The molecule has 1 rings (SSSR count). The standard InChI is InChI=1S/C12H14N2O9S/c1-23-9-5-8(14(19)20)2-3-10(9)24(21,22)13-6-7(12(17)18)4-11(15)16/h2-3,5,7,13H,4,6H2,1H3,(H,15,16)(H,17,18). The Morgan fingerprint density at radius 1 is 1.38 bits per heavy atom. The number of carboxylic acids is 2. The summed E-state index contributed by atoms with van der Waals surface area (Å²) in [5.74, 6) is -4.64. The Morgan fingerprint density at radius 2 is 2.00 bits per heavy atom. The first-order valence-electron chi connectivity index (χ1n) is 6.35. The molecule has 12 heteroatoms. The molecule has 1 atom stereocenters. The fourth-order valence-electron chi connectivity index (χ4n) is 1.74. The quantitative estimate of drug-likeness (QED) is 0.405. The van der Waals surface area contributed by atoms with Crippen LogP contribution in [0.25, 0.3) is 0 Å². The van der Waals surface area contributed by atoms with Crippen molar-refractivity contribution < 1.29 is 37.9 Å². The van der Waals surface area contributed by atoms with Crippen molar-refractivity contribution in [1.29, 1.82) is 0 Å². The number of methoxy groups -OCH3 is 1. The molecule has 3 N–H and O–H groups in total. The lowest BCUT2D eigenvalue weighted by Gasteiger charge is -2.13. The zero-order valence-corrected chi connectivity index (χ0v) is 13.1. The van der Waals surface area contributed by atoms with Crippen molar-refractivity contribution in [2.24, 2.45) is 5.92 Å². The van der Waals surface area contributed by atoms with Crippen molar-refractivity contribution in [2.45, 2.75) is 11.3 Å². The topological polar surface area (TPSA) is 173 Å². The molecule has 11 nitrogen and oxygen atoms in total. The van der Waals surface area contributed by atoms with Gasteiger partial charge in [-0.15, -0.1) is 0 Å². The maximum absolute atomic E-state index is 12.2. The third-order valence-electron chi connectivity index (χ3n) is 2.94. The number of nitro benzene ring substituents is 1. The van der Waals surface area contributed by atoms with Crippen LogP contribution in [-0.2, 0) is 19.6 Å². The number of nitrogens with zero attached hydrogens (tertiary/aromatic N) is 1. The molecule has 0 bridgehead atoms. The Morgan fingerprint density at radius 3 is 2.46 bits per heavy atom. The molecule has 1 aromatic carbocycles. The van der Waals surface area contributed by atoms with Crippen molar-refractivity contribution in [1.82, 2.24) is 4.72 Å². The number of aliphatic carboxylic acids is 2. The largest absolute Gasteiger partial charge is 0.495 e. The van der Waals surface area contributed by atoms with Crippen molar-refractivity contribution in [3.8, 4) is 5.75 Å². The number of rotatable bonds is 9. The van der Waals surface area contributed by atoms with Crippen molar-refractivity contribution >= 4 is 27.6 Å². The predicted molar refractivity (Wildman–Crippen MR) is 78.2 cm³/mol. The third kappa shape index (κ3) is 4.89. The van der Waals surface area contributed by atoms with E-state index in [9.17, 15) is 28.1 Å². The fraction of sp³-hybridized carbons (Fsp3) is 0.333. The molecule has 0 heterocycles. The van der Waals surface area contributed by atoms with Gasteiger partial charge in [0.05, 0.1) is 30.4 Å². The molecule has 0 saturated heterocycles. The van der Waals surface area contributed by atoms with Gasteiger partial charge in [-0.05, 0) is 6.07 Å². The minimum atomic E-state index is -4.26. The van der Waals surface area contributed by atoms with E-state index < -0.39 is 50.7 Å². The van der Waals surface area contributed by atoms with Crippen molar-refractivity contribution in [3.63, 3.8) is 0 Å². The Labute approximate surface area is 136 Å². The third-order valence-corrected chi connectivity index (χ3v) is 4.40. The minimum Gasteiger partial charge on any atom is -0.495 e. The number of carboxylic acid groups (broad SMARTS) is 2. The molecule has 24 heavy (non-hydrogen) atoms. The first-order valence-corrected chi connectivity index (χ1v) is 7.83. The highest BCUT2D eigenvalue weighted by molar-refractivity contribution is 7.89. The highest BCUT2D eigenvalue weighted by atomic mass is 32.2. The maximum Gasteiger partial charge on any atom is 0.308 e. The maximum atomic E-state index is 12.2. The summed E-state index contributed by atoms with van der Waals surface area (Å²) in [6.07, 6.45) is -0.769. The average Bonchev–Trinajstić information content (AvgIpc) is 2.50. The monoisotopic (exact) mass is 362 g/mol. The summed E-state index contributed by atoms with van der Waals surface area (Å²) in [4.78, 5) is 31.0. The molecule has 0 aliphatic carbocycles. The van der Waals surface area contributed by atoms with Crippen molar-refractivity contribution in [2.75, 3.05) is 13.7 Å². The van der Waals surface area contributed by atoms with Gasteiger partial charge in [0.15, 0.2) is 0 Å². The van der Waals surface area contributed by atoms with Gasteiger partial charge < -0.3 is 14.9 Å². The number of carbonyl (C=O) groups is 2. The smallest absolute Gasteiger partial charge is 0.308 e. The van der Waals surface area contributed by atoms with Gasteiger partial charge in [0.25, 0.3) is 5.69 Å². The van der Waals surface area contributed by atoms with Crippen LogP contribution >= 0.6 is 0 Å². The Hall–Kier alpha value is -2.73. The van der Waals surface area contributed by atoms with Gasteiger partial charge in [-0.25, -0.2) is 13.1 Å². The lowest BCUT2D eigenvalue weighted by Crippen LogP contribution is -2.34. The van der Waals surface area contributed by atoms with Crippen LogP contribution in [0.2, 0.25) is 0 Å². The zero-order chi connectivity index (χ0) is 18.5. The van der Waals surface area contributed by atoms with Gasteiger partial charge in [0.2, 0.25) is 10.0 Å². The summed E-state index contributed by atoms with van der Waals surface area (Å²) in [5.41, 5.74) is -0.389. The summed E-state index contributed by atoms with van der Waals surface area (Å²) >= 11 is 0. The highest BCUT2D eigenvalue weighted by Gasteiger charge is 2.26. The van der Waals surface area contributed by atoms with Crippen LogP contribution in [0.1, 0.15) is 6.42 Å². The second-order valence-electron chi connectivity index (χ2n) is 4.58. The predicted octanol–water partition coefficient (Wildman–Crippen LogP) is 0.0572. The van der Waals surface area contributed by atoms with E-state index in [2.05, 4.69) is 0 Å². The second kappa shape index (κ2) is 7.70. The summed E-state index contributed by atoms with van der Waals surface area (Å²) in [5, 5.41) is 28.2. The number of nitrogens with one attached hydrogen (secondary N) is 1. The number of sulfonamides is 1. The zero-order valence-electron chi connectivity index (χ0n) is 12.3.